The van der Waals surface area contributed by atoms with Crippen LogP contribution in [0.1, 0.15) is 24.6 Å². The summed E-state index contributed by atoms with van der Waals surface area (Å²) in [6.07, 6.45) is 1.10. The van der Waals surface area contributed by atoms with Crippen molar-refractivity contribution in [3.05, 3.63) is 51.9 Å². The van der Waals surface area contributed by atoms with Gasteiger partial charge >= 0.3 is 0 Å². The summed E-state index contributed by atoms with van der Waals surface area (Å²) >= 11 is 3.11. The topological polar surface area (TPSA) is 34.1 Å². The minimum Gasteiger partial charge on any atom is -0.439 e. The fourth-order valence-corrected chi connectivity index (χ4v) is 2.12. The quantitative estimate of drug-likeness (QED) is 0.772. The number of ether oxygens (including phenoxy) is 1. The number of nitrogens with one attached hydrogen (secondary N) is 1. The van der Waals surface area contributed by atoms with Crippen LogP contribution >= 0.6 is 15.9 Å². The number of benzene rings is 1. The van der Waals surface area contributed by atoms with Crippen LogP contribution in [0.4, 0.5) is 4.39 Å². The molecule has 0 radical (unpaired) electrons. The molecule has 5 heteroatoms. The molecule has 0 aliphatic carbocycles. The summed E-state index contributed by atoms with van der Waals surface area (Å²) in [5.74, 6) is 0.539. The standard InChI is InChI=1S/C16H18BrFN2O/c1-3-8-19-10-12-4-7-16(20-11(12)2)21-13-5-6-14(17)15(18)9-13/h4-7,9,19H,3,8,10H2,1-2H3. The molecule has 2 aromatic rings. The van der Waals surface area contributed by atoms with Gasteiger partial charge in [-0.25, -0.2) is 9.37 Å². The van der Waals surface area contributed by atoms with Crippen LogP contribution in [0.3, 0.4) is 0 Å². The first-order chi connectivity index (χ1) is 10.1. The molecule has 21 heavy (non-hydrogen) atoms. The number of rotatable bonds is 6. The Balaban J connectivity index is 2.07. The second-order valence-corrected chi connectivity index (χ2v) is 5.60. The maximum atomic E-state index is 13.4. The summed E-state index contributed by atoms with van der Waals surface area (Å²) < 4.78 is 19.4. The lowest BCUT2D eigenvalue weighted by atomic mass is 10.2. The first kappa shape index (κ1) is 15.9. The van der Waals surface area contributed by atoms with E-state index in [2.05, 4.69) is 33.2 Å². The molecular weight excluding hydrogens is 335 g/mol. The predicted octanol–water partition coefficient (Wildman–Crippen LogP) is 4.58. The van der Waals surface area contributed by atoms with Gasteiger partial charge in [-0.3, -0.25) is 0 Å². The third-order valence-electron chi connectivity index (χ3n) is 3.03. The summed E-state index contributed by atoms with van der Waals surface area (Å²) in [4.78, 5) is 4.40. The Kier molecular flexibility index (Phi) is 5.70. The third kappa shape index (κ3) is 4.51. The predicted molar refractivity (Wildman–Crippen MR) is 85.1 cm³/mol. The SMILES string of the molecule is CCCNCc1ccc(Oc2ccc(Br)c(F)c2)nc1C. The van der Waals surface area contributed by atoms with E-state index in [1.807, 2.05) is 13.0 Å². The van der Waals surface area contributed by atoms with Gasteiger partial charge in [-0.2, -0.15) is 0 Å². The van der Waals surface area contributed by atoms with Crippen LogP contribution in [0.2, 0.25) is 0 Å². The lowest BCUT2D eigenvalue weighted by Gasteiger charge is -2.10. The number of pyridine rings is 1. The van der Waals surface area contributed by atoms with Crippen molar-refractivity contribution in [3.8, 4) is 11.6 Å². The van der Waals surface area contributed by atoms with Gasteiger partial charge in [0.05, 0.1) is 4.47 Å². The van der Waals surface area contributed by atoms with E-state index in [4.69, 9.17) is 4.74 Å². The lowest BCUT2D eigenvalue weighted by Crippen LogP contribution is -2.15. The van der Waals surface area contributed by atoms with E-state index < -0.39 is 0 Å². The second-order valence-electron chi connectivity index (χ2n) is 4.75. The highest BCUT2D eigenvalue weighted by Crippen LogP contribution is 2.25. The highest BCUT2D eigenvalue weighted by molar-refractivity contribution is 9.10. The van der Waals surface area contributed by atoms with Gasteiger partial charge in [-0.1, -0.05) is 13.0 Å². The highest BCUT2D eigenvalue weighted by atomic mass is 79.9. The Hall–Kier alpha value is -1.46. The van der Waals surface area contributed by atoms with Crippen molar-refractivity contribution in [2.24, 2.45) is 0 Å². The van der Waals surface area contributed by atoms with E-state index in [-0.39, 0.29) is 5.82 Å². The molecule has 0 saturated heterocycles. The molecule has 1 aromatic heterocycles. The van der Waals surface area contributed by atoms with Crippen LogP contribution in [0.25, 0.3) is 0 Å². The molecule has 0 bridgehead atoms. The van der Waals surface area contributed by atoms with E-state index in [9.17, 15) is 4.39 Å². The number of halogens is 2. The van der Waals surface area contributed by atoms with Crippen molar-refractivity contribution in [1.29, 1.82) is 0 Å². The molecule has 1 heterocycles. The molecule has 0 unspecified atom stereocenters. The fraction of sp³-hybridized carbons (Fsp3) is 0.312. The maximum absolute atomic E-state index is 13.4. The monoisotopic (exact) mass is 352 g/mol. The van der Waals surface area contributed by atoms with Gasteiger partial charge in [-0.05, 0) is 53.5 Å². The normalized spacial score (nSPS) is 10.7. The molecule has 0 saturated carbocycles. The summed E-state index contributed by atoms with van der Waals surface area (Å²) in [7, 11) is 0. The van der Waals surface area contributed by atoms with E-state index in [1.54, 1.807) is 18.2 Å². The number of nitrogens with zero attached hydrogens (tertiary/aromatic N) is 1. The van der Waals surface area contributed by atoms with Crippen molar-refractivity contribution >= 4 is 15.9 Å². The second kappa shape index (κ2) is 7.52. The third-order valence-corrected chi connectivity index (χ3v) is 3.67. The number of hydrogen-bond donors (Lipinski definition) is 1. The van der Waals surface area contributed by atoms with Crippen LogP contribution in [-0.4, -0.2) is 11.5 Å². The van der Waals surface area contributed by atoms with Crippen molar-refractivity contribution in [1.82, 2.24) is 10.3 Å². The van der Waals surface area contributed by atoms with Gasteiger partial charge in [0.2, 0.25) is 5.88 Å². The van der Waals surface area contributed by atoms with Crippen molar-refractivity contribution < 1.29 is 9.13 Å². The maximum Gasteiger partial charge on any atom is 0.219 e. The molecule has 1 N–H and O–H groups in total. The van der Waals surface area contributed by atoms with E-state index >= 15 is 0 Å². The first-order valence-corrected chi connectivity index (χ1v) is 7.69. The van der Waals surface area contributed by atoms with Crippen LogP contribution in [0.5, 0.6) is 11.6 Å². The van der Waals surface area contributed by atoms with Crippen LogP contribution in [0.15, 0.2) is 34.8 Å². The fourth-order valence-electron chi connectivity index (χ4n) is 1.87. The molecule has 0 amide bonds. The highest BCUT2D eigenvalue weighted by Gasteiger charge is 2.06. The summed E-state index contributed by atoms with van der Waals surface area (Å²) in [5, 5.41) is 3.34. The average Bonchev–Trinajstić information content (AvgIpc) is 2.45. The molecule has 0 fully saturated rings. The van der Waals surface area contributed by atoms with Gasteiger partial charge in [0.15, 0.2) is 0 Å². The molecule has 0 aliphatic rings. The zero-order chi connectivity index (χ0) is 15.2. The van der Waals surface area contributed by atoms with Crippen LogP contribution in [0, 0.1) is 12.7 Å². The molecule has 0 spiro atoms. The Morgan fingerprint density at radius 3 is 2.76 bits per heavy atom. The largest absolute Gasteiger partial charge is 0.439 e. The lowest BCUT2D eigenvalue weighted by molar-refractivity contribution is 0.455. The van der Waals surface area contributed by atoms with Gasteiger partial charge < -0.3 is 10.1 Å². The molecule has 3 nitrogen and oxygen atoms in total. The Morgan fingerprint density at radius 1 is 1.29 bits per heavy atom. The van der Waals surface area contributed by atoms with Crippen molar-refractivity contribution in [3.63, 3.8) is 0 Å². The summed E-state index contributed by atoms with van der Waals surface area (Å²) in [6, 6.07) is 8.42. The van der Waals surface area contributed by atoms with E-state index in [0.29, 0.717) is 16.1 Å². The minimum absolute atomic E-state index is 0.357. The smallest absolute Gasteiger partial charge is 0.219 e. The molecule has 0 aliphatic heterocycles. The average molecular weight is 353 g/mol. The molecule has 2 rings (SSSR count). The van der Waals surface area contributed by atoms with Crippen molar-refractivity contribution in [2.75, 3.05) is 6.54 Å². The molecule has 1 aromatic carbocycles. The van der Waals surface area contributed by atoms with Gasteiger partial charge in [0.25, 0.3) is 0 Å². The van der Waals surface area contributed by atoms with Crippen LogP contribution < -0.4 is 10.1 Å². The number of aromatic nitrogens is 1. The zero-order valence-corrected chi connectivity index (χ0v) is 13.7. The number of aryl methyl sites for hydroxylation is 1. The summed E-state index contributed by atoms with van der Waals surface area (Å²) in [5.41, 5.74) is 2.05. The Labute approximate surface area is 132 Å². The van der Waals surface area contributed by atoms with Crippen LogP contribution in [-0.2, 0) is 6.54 Å². The van der Waals surface area contributed by atoms with Gasteiger partial charge in [0, 0.05) is 24.4 Å². The molecular formula is C16H18BrFN2O. The molecule has 0 atom stereocenters. The van der Waals surface area contributed by atoms with E-state index in [0.717, 1.165) is 30.8 Å². The Morgan fingerprint density at radius 2 is 2.10 bits per heavy atom. The number of hydrogen-bond acceptors (Lipinski definition) is 3. The summed E-state index contributed by atoms with van der Waals surface area (Å²) in [6.45, 7) is 5.85. The van der Waals surface area contributed by atoms with Gasteiger partial charge in [-0.15, -0.1) is 0 Å². The first-order valence-electron chi connectivity index (χ1n) is 6.90. The Bertz CT molecular complexity index is 619. The zero-order valence-electron chi connectivity index (χ0n) is 12.1. The molecule has 112 valence electrons. The van der Waals surface area contributed by atoms with Gasteiger partial charge in [0.1, 0.15) is 11.6 Å². The minimum atomic E-state index is -0.357. The van der Waals surface area contributed by atoms with Crippen molar-refractivity contribution in [2.45, 2.75) is 26.8 Å². The van der Waals surface area contributed by atoms with E-state index in [1.165, 1.54) is 6.07 Å².